The molecule has 2 aliphatic rings. The molecule has 0 fully saturated rings. The monoisotopic (exact) mass is 422 g/mol. The van der Waals surface area contributed by atoms with E-state index in [0.717, 1.165) is 0 Å². The van der Waals surface area contributed by atoms with Crippen LogP contribution in [-0.4, -0.2) is 4.26 Å². The summed E-state index contributed by atoms with van der Waals surface area (Å²) in [6, 6.07) is 0. The zero-order valence-electron chi connectivity index (χ0n) is 9.69. The Balaban J connectivity index is 0.00000112. The average molecular weight is 422 g/mol. The topological polar surface area (TPSA) is 0 Å². The van der Waals surface area contributed by atoms with Gasteiger partial charge in [-0.25, -0.2) is 0 Å². The summed E-state index contributed by atoms with van der Waals surface area (Å²) < 4.78 is 7.85. The fraction of sp³-hybridized carbons (Fsp3) is 0.308. The van der Waals surface area contributed by atoms with Crippen molar-refractivity contribution in [2.24, 2.45) is 0 Å². The molecule has 0 aromatic carbocycles. The van der Waals surface area contributed by atoms with Gasteiger partial charge in [0.15, 0.2) is 0 Å². The Morgan fingerprint density at radius 1 is 1.19 bits per heavy atom. The first-order valence-electron chi connectivity index (χ1n) is 5.11. The second kappa shape index (κ2) is 6.88. The smallest absolute Gasteiger partial charge is 1.00 e. The zero-order chi connectivity index (χ0) is 10.1. The molecule has 86 valence electrons. The molecule has 0 heterocycles. The quantitative estimate of drug-likeness (QED) is 0.433. The molecule has 2 aliphatic carbocycles. The molecule has 0 saturated carbocycles. The van der Waals surface area contributed by atoms with Gasteiger partial charge < -0.3 is 24.8 Å². The van der Waals surface area contributed by atoms with Crippen LogP contribution in [-0.2, 0) is 21.0 Å². The Hall–Kier alpha value is 0.280. The summed E-state index contributed by atoms with van der Waals surface area (Å²) in [6.07, 6.45) is 11.6. The van der Waals surface area contributed by atoms with Crippen molar-refractivity contribution >= 4 is 4.26 Å². The van der Waals surface area contributed by atoms with Crippen LogP contribution in [0.1, 0.15) is 26.7 Å². The third-order valence-electron chi connectivity index (χ3n) is 3.07. The summed E-state index contributed by atoms with van der Waals surface area (Å²) >= 11 is -1.76. The molecule has 2 rings (SSSR count). The maximum absolute atomic E-state index is 4.48. The standard InChI is InChI=1S/C7H9.C5H5.CH2.2ClH.Hf/c1-6-4-3-5-7(6)2;1-2-4-5-3-1;;;;/h4H,5H2,1-2H3;1-3H,4H2;1H2;2*1H;/q;;;;;+2/p-2. The van der Waals surface area contributed by atoms with Crippen LogP contribution in [0.3, 0.4) is 0 Å². The van der Waals surface area contributed by atoms with Gasteiger partial charge >= 0.3 is 94.0 Å². The number of hydrogen-bond donors (Lipinski definition) is 0. The Morgan fingerprint density at radius 2 is 1.88 bits per heavy atom. The first-order chi connectivity index (χ1) is 6.68. The van der Waals surface area contributed by atoms with Crippen LogP contribution in [0, 0.1) is 0 Å². The van der Waals surface area contributed by atoms with Crippen LogP contribution in [0.15, 0.2) is 42.1 Å². The van der Waals surface area contributed by atoms with Gasteiger partial charge in [-0.2, -0.15) is 0 Å². The van der Waals surface area contributed by atoms with Crippen molar-refractivity contribution in [2.45, 2.75) is 26.7 Å². The summed E-state index contributed by atoms with van der Waals surface area (Å²) in [7, 11) is 0. The molecule has 0 radical (unpaired) electrons. The molecular formula is C13H16Cl2Hf. The fourth-order valence-corrected chi connectivity index (χ4v) is 8.91. The molecule has 0 nitrogen and oxygen atoms in total. The largest absolute Gasteiger partial charge is 1.00 e. The zero-order valence-corrected chi connectivity index (χ0v) is 14.8. The normalized spacial score (nSPS) is 17.1. The van der Waals surface area contributed by atoms with Crippen LogP contribution >= 0.6 is 0 Å². The van der Waals surface area contributed by atoms with Crippen molar-refractivity contribution in [2.75, 3.05) is 0 Å². The van der Waals surface area contributed by atoms with E-state index in [4.69, 9.17) is 0 Å². The Labute approximate surface area is 118 Å². The van der Waals surface area contributed by atoms with E-state index in [-0.39, 0.29) is 24.8 Å². The molecule has 0 aliphatic heterocycles. The van der Waals surface area contributed by atoms with Crippen molar-refractivity contribution in [1.29, 1.82) is 0 Å². The molecule has 0 bridgehead atoms. The fourth-order valence-electron chi connectivity index (χ4n) is 1.93. The van der Waals surface area contributed by atoms with E-state index >= 15 is 0 Å². The van der Waals surface area contributed by atoms with Crippen LogP contribution in [0.5, 0.6) is 0 Å². The van der Waals surface area contributed by atoms with Crippen LogP contribution in [0.4, 0.5) is 0 Å². The molecule has 0 unspecified atom stereocenters. The van der Waals surface area contributed by atoms with Gasteiger partial charge in [-0.15, -0.1) is 0 Å². The summed E-state index contributed by atoms with van der Waals surface area (Å²) in [6.45, 7) is 4.47. The molecule has 0 aromatic rings. The summed E-state index contributed by atoms with van der Waals surface area (Å²) in [5, 5.41) is 0. The van der Waals surface area contributed by atoms with Crippen LogP contribution in [0.2, 0.25) is 0 Å². The van der Waals surface area contributed by atoms with E-state index in [9.17, 15) is 0 Å². The van der Waals surface area contributed by atoms with Gasteiger partial charge in [0.2, 0.25) is 0 Å². The Kier molecular flexibility index (Phi) is 7.00. The molecule has 0 aromatic heterocycles. The SMILES string of the molecule is [CH2]=[Hf+2]([C]1=CC=CC1)[C]1=CC(C)=C(C)C1.[Cl-].[Cl-]. The molecule has 0 N–H and O–H groups in total. The minimum absolute atomic E-state index is 0. The van der Waals surface area contributed by atoms with Gasteiger partial charge in [-0.05, 0) is 0 Å². The summed E-state index contributed by atoms with van der Waals surface area (Å²) in [4.78, 5) is 0. The third-order valence-corrected chi connectivity index (χ3v) is 11.1. The van der Waals surface area contributed by atoms with E-state index in [0.29, 0.717) is 0 Å². The Morgan fingerprint density at radius 3 is 2.31 bits per heavy atom. The molecule has 16 heavy (non-hydrogen) atoms. The minimum atomic E-state index is -1.76. The summed E-state index contributed by atoms with van der Waals surface area (Å²) in [5.74, 6) is 0. The molecule has 0 amide bonds. The molecular weight excluding hydrogens is 406 g/mol. The number of hydrogen-bond acceptors (Lipinski definition) is 0. The first-order valence-corrected chi connectivity index (χ1v) is 11.2. The first kappa shape index (κ1) is 16.3. The van der Waals surface area contributed by atoms with E-state index in [2.05, 4.69) is 42.4 Å². The van der Waals surface area contributed by atoms with Crippen molar-refractivity contribution < 1.29 is 45.8 Å². The van der Waals surface area contributed by atoms with Gasteiger partial charge in [-0.3, -0.25) is 0 Å². The van der Waals surface area contributed by atoms with E-state index in [1.165, 1.54) is 18.4 Å². The van der Waals surface area contributed by atoms with Gasteiger partial charge in [0.05, 0.1) is 0 Å². The number of rotatable bonds is 2. The van der Waals surface area contributed by atoms with Gasteiger partial charge in [0.25, 0.3) is 0 Å². The molecule has 0 atom stereocenters. The predicted octanol–water partition coefficient (Wildman–Crippen LogP) is -2.49. The van der Waals surface area contributed by atoms with Crippen LogP contribution in [0.25, 0.3) is 0 Å². The Bertz CT molecular complexity index is 412. The van der Waals surface area contributed by atoms with Crippen molar-refractivity contribution in [3.8, 4) is 0 Å². The number of halogens is 2. The van der Waals surface area contributed by atoms with Crippen molar-refractivity contribution in [3.63, 3.8) is 0 Å². The average Bonchev–Trinajstić information content (AvgIpc) is 2.76. The molecule has 0 saturated heterocycles. The van der Waals surface area contributed by atoms with Gasteiger partial charge in [0, 0.05) is 0 Å². The minimum Gasteiger partial charge on any atom is -1.00 e. The summed E-state index contributed by atoms with van der Waals surface area (Å²) in [5.41, 5.74) is 3.04. The van der Waals surface area contributed by atoms with Gasteiger partial charge in [-0.1, -0.05) is 0 Å². The van der Waals surface area contributed by atoms with Crippen LogP contribution < -0.4 is 24.8 Å². The predicted molar refractivity (Wildman–Crippen MR) is 60.0 cm³/mol. The second-order valence-corrected chi connectivity index (χ2v) is 12.2. The number of allylic oxidation sites excluding steroid dienone is 8. The maximum atomic E-state index is 4.48. The van der Waals surface area contributed by atoms with Gasteiger partial charge in [0.1, 0.15) is 0 Å². The van der Waals surface area contributed by atoms with E-state index in [1.54, 1.807) is 12.2 Å². The van der Waals surface area contributed by atoms with E-state index < -0.39 is 21.0 Å². The van der Waals surface area contributed by atoms with Crippen molar-refractivity contribution in [1.82, 2.24) is 0 Å². The molecule has 0 spiro atoms. The second-order valence-electron chi connectivity index (χ2n) is 4.11. The van der Waals surface area contributed by atoms with E-state index in [1.807, 2.05) is 0 Å². The maximum Gasteiger partial charge on any atom is -1.00 e. The van der Waals surface area contributed by atoms with Crippen molar-refractivity contribution in [3.05, 3.63) is 42.1 Å². The molecule has 3 heteroatoms. The third kappa shape index (κ3) is 3.38.